The van der Waals surface area contributed by atoms with Gasteiger partial charge in [0.2, 0.25) is 0 Å². The van der Waals surface area contributed by atoms with E-state index in [2.05, 4.69) is 15.0 Å². The monoisotopic (exact) mass is 221 g/mol. The van der Waals surface area contributed by atoms with Gasteiger partial charge in [0.1, 0.15) is 17.9 Å². The maximum Gasteiger partial charge on any atom is 0.155 e. The van der Waals surface area contributed by atoms with E-state index in [4.69, 9.17) is 16.0 Å². The van der Waals surface area contributed by atoms with Gasteiger partial charge in [0.05, 0.1) is 12.1 Å². The molecule has 0 amide bonds. The van der Waals surface area contributed by atoms with Crippen LogP contribution in [0.5, 0.6) is 0 Å². The van der Waals surface area contributed by atoms with Crippen LogP contribution < -0.4 is 0 Å². The molecule has 0 N–H and O–H groups in total. The second-order valence-electron chi connectivity index (χ2n) is 2.74. The molecule has 0 unspecified atom stereocenters. The third-order valence-electron chi connectivity index (χ3n) is 1.70. The molecule has 15 heavy (non-hydrogen) atoms. The first-order valence-corrected chi connectivity index (χ1v) is 4.87. The van der Waals surface area contributed by atoms with Crippen LogP contribution in [0.15, 0.2) is 29.1 Å². The van der Waals surface area contributed by atoms with E-state index in [-0.39, 0.29) is 5.88 Å². The van der Waals surface area contributed by atoms with Gasteiger partial charge in [0.15, 0.2) is 5.82 Å². The Kier molecular flexibility index (Phi) is 3.09. The number of nitrogens with zero attached hydrogens (tertiary/aromatic N) is 3. The lowest BCUT2D eigenvalue weighted by molar-refractivity contribution is 0.557. The van der Waals surface area contributed by atoms with Crippen molar-refractivity contribution in [2.75, 3.05) is 0 Å². The maximum absolute atomic E-state index is 5.60. The van der Waals surface area contributed by atoms with E-state index in [1.165, 1.54) is 6.33 Å². The van der Waals surface area contributed by atoms with Gasteiger partial charge in [-0.25, -0.2) is 15.0 Å². The van der Waals surface area contributed by atoms with Crippen LogP contribution in [-0.4, -0.2) is 15.0 Å². The van der Waals surface area contributed by atoms with E-state index in [1.54, 1.807) is 18.4 Å². The van der Waals surface area contributed by atoms with Gasteiger partial charge in [-0.3, -0.25) is 0 Å². The lowest BCUT2D eigenvalue weighted by atomic mass is 10.4. The van der Waals surface area contributed by atoms with Crippen LogP contribution in [0.2, 0.25) is 0 Å². The van der Waals surface area contributed by atoms with Crippen LogP contribution in [0.1, 0.15) is 17.4 Å². The maximum atomic E-state index is 5.60. The molecule has 0 saturated heterocycles. The van der Waals surface area contributed by atoms with Crippen LogP contribution >= 0.6 is 11.6 Å². The second-order valence-corrected chi connectivity index (χ2v) is 3.01. The van der Waals surface area contributed by atoms with Crippen LogP contribution in [0.25, 0.3) is 12.2 Å². The Morgan fingerprint density at radius 3 is 3.00 bits per heavy atom. The fourth-order valence-electron chi connectivity index (χ4n) is 1.03. The minimum Gasteiger partial charge on any atom is -0.465 e. The number of hydrogen-bond acceptors (Lipinski definition) is 4. The minimum absolute atomic E-state index is 0.282. The standard InChI is InChI=1S/C10H8ClN3O/c11-6-10-13-7-12-9(14-10)4-3-8-2-1-5-15-8/h1-5,7H,6H2. The van der Waals surface area contributed by atoms with E-state index in [1.807, 2.05) is 12.1 Å². The number of alkyl halides is 1. The van der Waals surface area contributed by atoms with Crippen molar-refractivity contribution in [2.24, 2.45) is 0 Å². The molecule has 0 atom stereocenters. The van der Waals surface area contributed by atoms with Crippen molar-refractivity contribution < 1.29 is 4.42 Å². The molecule has 2 heterocycles. The Balaban J connectivity index is 2.17. The Labute approximate surface area is 91.7 Å². The zero-order valence-electron chi connectivity index (χ0n) is 7.80. The zero-order chi connectivity index (χ0) is 10.5. The highest BCUT2D eigenvalue weighted by molar-refractivity contribution is 6.16. The molecule has 2 aromatic rings. The number of rotatable bonds is 3. The highest BCUT2D eigenvalue weighted by Crippen LogP contribution is 2.05. The molecule has 0 fully saturated rings. The highest BCUT2D eigenvalue weighted by atomic mass is 35.5. The van der Waals surface area contributed by atoms with Crippen molar-refractivity contribution in [3.05, 3.63) is 42.1 Å². The third kappa shape index (κ3) is 2.63. The highest BCUT2D eigenvalue weighted by Gasteiger charge is 1.96. The molecule has 0 aliphatic carbocycles. The van der Waals surface area contributed by atoms with E-state index in [9.17, 15) is 0 Å². The summed E-state index contributed by atoms with van der Waals surface area (Å²) >= 11 is 5.60. The number of furan rings is 1. The molecule has 4 nitrogen and oxygen atoms in total. The molecule has 0 aromatic carbocycles. The first kappa shape index (κ1) is 9.86. The van der Waals surface area contributed by atoms with Gasteiger partial charge < -0.3 is 4.42 Å². The van der Waals surface area contributed by atoms with Gasteiger partial charge in [-0.1, -0.05) is 0 Å². The Bertz CT molecular complexity index is 453. The van der Waals surface area contributed by atoms with Gasteiger partial charge >= 0.3 is 0 Å². The molecule has 0 spiro atoms. The summed E-state index contributed by atoms with van der Waals surface area (Å²) in [7, 11) is 0. The van der Waals surface area contributed by atoms with Crippen molar-refractivity contribution in [2.45, 2.75) is 5.88 Å². The molecule has 76 valence electrons. The number of aromatic nitrogens is 3. The van der Waals surface area contributed by atoms with Crippen LogP contribution in [0, 0.1) is 0 Å². The Hall–Kier alpha value is -1.68. The smallest absolute Gasteiger partial charge is 0.155 e. The van der Waals surface area contributed by atoms with E-state index >= 15 is 0 Å². The van der Waals surface area contributed by atoms with Crippen molar-refractivity contribution in [3.63, 3.8) is 0 Å². The largest absolute Gasteiger partial charge is 0.465 e. The number of halogens is 1. The second kappa shape index (κ2) is 4.70. The van der Waals surface area contributed by atoms with Crippen LogP contribution in [-0.2, 0) is 5.88 Å². The summed E-state index contributed by atoms with van der Waals surface area (Å²) in [5.74, 6) is 2.16. The molecule has 0 aliphatic rings. The summed E-state index contributed by atoms with van der Waals surface area (Å²) in [5, 5.41) is 0. The molecular weight excluding hydrogens is 214 g/mol. The van der Waals surface area contributed by atoms with Crippen molar-refractivity contribution in [1.82, 2.24) is 15.0 Å². The van der Waals surface area contributed by atoms with E-state index in [0.717, 1.165) is 5.76 Å². The molecule has 0 saturated carbocycles. The topological polar surface area (TPSA) is 51.8 Å². The predicted octanol–water partition coefficient (Wildman–Crippen LogP) is 2.37. The number of hydrogen-bond donors (Lipinski definition) is 0. The lowest BCUT2D eigenvalue weighted by Crippen LogP contribution is -1.95. The van der Waals surface area contributed by atoms with Gasteiger partial charge in [0, 0.05) is 0 Å². The molecule has 5 heteroatoms. The predicted molar refractivity (Wildman–Crippen MR) is 57.0 cm³/mol. The summed E-state index contributed by atoms with van der Waals surface area (Å²) in [5.41, 5.74) is 0. The molecule has 2 rings (SSSR count). The third-order valence-corrected chi connectivity index (χ3v) is 1.94. The molecule has 0 bridgehead atoms. The first-order chi connectivity index (χ1) is 7.38. The average Bonchev–Trinajstić information content (AvgIpc) is 2.79. The molecule has 2 aromatic heterocycles. The van der Waals surface area contributed by atoms with Gasteiger partial charge in [0.25, 0.3) is 0 Å². The summed E-state index contributed by atoms with van der Waals surface area (Å²) < 4.78 is 5.13. The SMILES string of the molecule is ClCc1ncnc(C=Cc2ccco2)n1. The summed E-state index contributed by atoms with van der Waals surface area (Å²) in [6.07, 6.45) is 6.58. The molecule has 0 aliphatic heterocycles. The van der Waals surface area contributed by atoms with Crippen LogP contribution in [0.3, 0.4) is 0 Å². The van der Waals surface area contributed by atoms with Crippen molar-refractivity contribution >= 4 is 23.8 Å². The van der Waals surface area contributed by atoms with Crippen LogP contribution in [0.4, 0.5) is 0 Å². The molecule has 0 radical (unpaired) electrons. The first-order valence-electron chi connectivity index (χ1n) is 4.34. The fraction of sp³-hybridized carbons (Fsp3) is 0.100. The Morgan fingerprint density at radius 2 is 2.27 bits per heavy atom. The van der Waals surface area contributed by atoms with E-state index < -0.39 is 0 Å². The Morgan fingerprint density at radius 1 is 1.33 bits per heavy atom. The van der Waals surface area contributed by atoms with Gasteiger partial charge in [-0.05, 0) is 24.3 Å². The summed E-state index contributed by atoms with van der Waals surface area (Å²) in [4.78, 5) is 12.0. The van der Waals surface area contributed by atoms with Crippen molar-refractivity contribution in [3.8, 4) is 0 Å². The zero-order valence-corrected chi connectivity index (χ0v) is 8.55. The normalized spacial score (nSPS) is 11.0. The quantitative estimate of drug-likeness (QED) is 0.747. The average molecular weight is 222 g/mol. The summed E-state index contributed by atoms with van der Waals surface area (Å²) in [6.45, 7) is 0. The summed E-state index contributed by atoms with van der Waals surface area (Å²) in [6, 6.07) is 3.66. The van der Waals surface area contributed by atoms with Gasteiger partial charge in [-0.2, -0.15) is 0 Å². The van der Waals surface area contributed by atoms with Gasteiger partial charge in [-0.15, -0.1) is 11.6 Å². The lowest BCUT2D eigenvalue weighted by Gasteiger charge is -1.93. The van der Waals surface area contributed by atoms with E-state index in [0.29, 0.717) is 11.6 Å². The molecular formula is C10H8ClN3O. The fourth-order valence-corrected chi connectivity index (χ4v) is 1.16. The minimum atomic E-state index is 0.282. The van der Waals surface area contributed by atoms with Crippen molar-refractivity contribution in [1.29, 1.82) is 0 Å².